The van der Waals surface area contributed by atoms with Crippen LogP contribution in [0.15, 0.2) is 12.7 Å². The minimum Gasteiger partial charge on any atom is -0.342 e. The molecule has 0 aromatic heterocycles. The Bertz CT molecular complexity index is 255. The molecular formula is C12H23N3O. The lowest BCUT2D eigenvalue weighted by Crippen LogP contribution is -2.46. The van der Waals surface area contributed by atoms with Crippen molar-refractivity contribution in [2.24, 2.45) is 5.73 Å². The number of hydrogen-bond donors (Lipinski definition) is 1. The number of hydrogen-bond acceptors (Lipinski definition) is 3. The number of rotatable bonds is 4. The maximum Gasteiger partial charge on any atom is 0.239 e. The Morgan fingerprint density at radius 3 is 2.88 bits per heavy atom. The van der Waals surface area contributed by atoms with Crippen molar-refractivity contribution in [3.05, 3.63) is 12.7 Å². The molecule has 1 heterocycles. The third-order valence-electron chi connectivity index (χ3n) is 3.37. The van der Waals surface area contributed by atoms with Gasteiger partial charge in [0, 0.05) is 26.2 Å². The summed E-state index contributed by atoms with van der Waals surface area (Å²) in [4.78, 5) is 16.3. The molecule has 2 unspecified atom stereocenters. The van der Waals surface area contributed by atoms with Crippen molar-refractivity contribution in [1.29, 1.82) is 0 Å². The average molecular weight is 225 g/mol. The quantitative estimate of drug-likeness (QED) is 0.706. The normalized spacial score (nSPS) is 27.9. The van der Waals surface area contributed by atoms with Crippen molar-refractivity contribution >= 4 is 5.91 Å². The van der Waals surface area contributed by atoms with E-state index in [4.69, 9.17) is 5.73 Å². The van der Waals surface area contributed by atoms with Crippen LogP contribution in [0.1, 0.15) is 19.8 Å². The minimum absolute atomic E-state index is 0.0713. The van der Waals surface area contributed by atoms with Gasteiger partial charge in [-0.25, -0.2) is 0 Å². The molecule has 4 nitrogen and oxygen atoms in total. The number of nitrogens with two attached hydrogens (primary N) is 1. The molecule has 0 aliphatic carbocycles. The predicted molar refractivity (Wildman–Crippen MR) is 66.1 cm³/mol. The van der Waals surface area contributed by atoms with Crippen LogP contribution >= 0.6 is 0 Å². The average Bonchev–Trinajstić information content (AvgIpc) is 2.37. The Balaban J connectivity index is 2.83. The Labute approximate surface area is 98.1 Å². The summed E-state index contributed by atoms with van der Waals surface area (Å²) in [5.41, 5.74) is 5.59. The summed E-state index contributed by atoms with van der Waals surface area (Å²) < 4.78 is 0. The summed E-state index contributed by atoms with van der Waals surface area (Å²) in [5, 5.41) is 0. The first-order chi connectivity index (χ1) is 7.61. The number of carbonyl (C=O) groups is 1. The van der Waals surface area contributed by atoms with Crippen LogP contribution in [0.2, 0.25) is 0 Å². The molecule has 92 valence electrons. The van der Waals surface area contributed by atoms with Crippen molar-refractivity contribution in [1.82, 2.24) is 9.80 Å². The third kappa shape index (κ3) is 2.83. The maximum absolute atomic E-state index is 12.2. The lowest BCUT2D eigenvalue weighted by molar-refractivity contribution is -0.135. The number of likely N-dealkylation sites (N-methyl/N-ethyl adjacent to an activating group) is 1. The third-order valence-corrected chi connectivity index (χ3v) is 3.37. The van der Waals surface area contributed by atoms with E-state index in [1.807, 2.05) is 18.0 Å². The number of carbonyl (C=O) groups excluding carboxylic acids is 1. The molecule has 16 heavy (non-hydrogen) atoms. The van der Waals surface area contributed by atoms with Gasteiger partial charge in [-0.2, -0.15) is 0 Å². The number of nitrogens with zero attached hydrogens (tertiary/aromatic N) is 2. The standard InChI is InChI=1S/C12H23N3O/c1-4-8-15-9-6-10(2)14(3)12(16)11(15)5-7-13/h4,10-11H,1,5-9,13H2,2-3H3. The van der Waals surface area contributed by atoms with Gasteiger partial charge in [-0.05, 0) is 26.3 Å². The van der Waals surface area contributed by atoms with Crippen molar-refractivity contribution in [3.8, 4) is 0 Å². The molecule has 0 spiro atoms. The van der Waals surface area contributed by atoms with Gasteiger partial charge in [-0.15, -0.1) is 6.58 Å². The zero-order valence-electron chi connectivity index (χ0n) is 10.4. The van der Waals surface area contributed by atoms with Crippen molar-refractivity contribution < 1.29 is 4.79 Å². The predicted octanol–water partition coefficient (Wildman–Crippen LogP) is 0.442. The molecule has 0 aromatic carbocycles. The van der Waals surface area contributed by atoms with Gasteiger partial charge in [-0.1, -0.05) is 6.08 Å². The second kappa shape index (κ2) is 6.01. The van der Waals surface area contributed by atoms with Crippen LogP contribution in [-0.4, -0.2) is 54.5 Å². The highest BCUT2D eigenvalue weighted by Crippen LogP contribution is 2.17. The van der Waals surface area contributed by atoms with Crippen LogP contribution in [0.3, 0.4) is 0 Å². The van der Waals surface area contributed by atoms with Crippen LogP contribution < -0.4 is 5.73 Å². The van der Waals surface area contributed by atoms with Crippen molar-refractivity contribution in [3.63, 3.8) is 0 Å². The van der Waals surface area contributed by atoms with E-state index in [2.05, 4.69) is 18.4 Å². The van der Waals surface area contributed by atoms with Crippen LogP contribution in [0.4, 0.5) is 0 Å². The zero-order valence-corrected chi connectivity index (χ0v) is 10.4. The van der Waals surface area contributed by atoms with Crippen LogP contribution in [0.5, 0.6) is 0 Å². The SMILES string of the molecule is C=CCN1CCC(C)N(C)C(=O)C1CCN. The Hall–Kier alpha value is -0.870. The van der Waals surface area contributed by atoms with Crippen LogP contribution in [0, 0.1) is 0 Å². The first-order valence-corrected chi connectivity index (χ1v) is 5.93. The van der Waals surface area contributed by atoms with Crippen molar-refractivity contribution in [2.45, 2.75) is 31.8 Å². The second-order valence-electron chi connectivity index (χ2n) is 4.46. The summed E-state index contributed by atoms with van der Waals surface area (Å²) in [6.07, 6.45) is 3.59. The fourth-order valence-electron chi connectivity index (χ4n) is 2.16. The Morgan fingerprint density at radius 2 is 2.31 bits per heavy atom. The first-order valence-electron chi connectivity index (χ1n) is 5.93. The summed E-state index contributed by atoms with van der Waals surface area (Å²) in [7, 11) is 1.88. The van der Waals surface area contributed by atoms with Crippen molar-refractivity contribution in [2.75, 3.05) is 26.7 Å². The minimum atomic E-state index is -0.0713. The van der Waals surface area contributed by atoms with Gasteiger partial charge in [0.1, 0.15) is 0 Å². The van der Waals surface area contributed by atoms with E-state index in [0.29, 0.717) is 12.6 Å². The summed E-state index contributed by atoms with van der Waals surface area (Å²) in [6.45, 7) is 8.08. The monoisotopic (exact) mass is 225 g/mol. The fourth-order valence-corrected chi connectivity index (χ4v) is 2.16. The van der Waals surface area contributed by atoms with E-state index in [1.54, 1.807) is 0 Å². The second-order valence-corrected chi connectivity index (χ2v) is 4.46. The molecule has 0 aromatic rings. The first kappa shape index (κ1) is 13.2. The summed E-state index contributed by atoms with van der Waals surface area (Å²) in [6, 6.07) is 0.237. The molecule has 1 fully saturated rings. The molecule has 1 aliphatic rings. The molecule has 1 rings (SSSR count). The lowest BCUT2D eigenvalue weighted by atomic mass is 10.1. The Morgan fingerprint density at radius 1 is 1.62 bits per heavy atom. The fraction of sp³-hybridized carbons (Fsp3) is 0.750. The molecule has 0 radical (unpaired) electrons. The summed E-state index contributed by atoms with van der Waals surface area (Å²) >= 11 is 0. The van der Waals surface area contributed by atoms with Gasteiger partial charge in [0.15, 0.2) is 0 Å². The van der Waals surface area contributed by atoms with E-state index in [9.17, 15) is 4.79 Å². The van der Waals surface area contributed by atoms with Gasteiger partial charge in [0.25, 0.3) is 0 Å². The highest BCUT2D eigenvalue weighted by atomic mass is 16.2. The maximum atomic E-state index is 12.2. The molecule has 1 amide bonds. The van der Waals surface area contributed by atoms with Crippen LogP contribution in [0.25, 0.3) is 0 Å². The van der Waals surface area contributed by atoms with Crippen LogP contribution in [-0.2, 0) is 4.79 Å². The van der Waals surface area contributed by atoms with Gasteiger partial charge in [-0.3, -0.25) is 9.69 Å². The molecule has 2 N–H and O–H groups in total. The van der Waals surface area contributed by atoms with Gasteiger partial charge in [0.05, 0.1) is 6.04 Å². The number of amides is 1. The molecule has 4 heteroatoms. The largest absolute Gasteiger partial charge is 0.342 e. The van der Waals surface area contributed by atoms with E-state index in [-0.39, 0.29) is 11.9 Å². The van der Waals surface area contributed by atoms with E-state index < -0.39 is 0 Å². The Kier molecular flexibility index (Phi) is 4.96. The molecule has 2 atom stereocenters. The summed E-state index contributed by atoms with van der Waals surface area (Å²) in [5.74, 6) is 0.192. The highest BCUT2D eigenvalue weighted by Gasteiger charge is 2.32. The molecule has 1 saturated heterocycles. The molecule has 1 aliphatic heterocycles. The topological polar surface area (TPSA) is 49.6 Å². The molecular weight excluding hydrogens is 202 g/mol. The van der Waals surface area contributed by atoms with Gasteiger partial charge in [0.2, 0.25) is 5.91 Å². The molecule has 0 saturated carbocycles. The lowest BCUT2D eigenvalue weighted by Gasteiger charge is -2.29. The highest BCUT2D eigenvalue weighted by molar-refractivity contribution is 5.82. The zero-order chi connectivity index (χ0) is 12.1. The van der Waals surface area contributed by atoms with E-state index >= 15 is 0 Å². The molecule has 0 bridgehead atoms. The van der Waals surface area contributed by atoms with E-state index in [1.165, 1.54) is 0 Å². The van der Waals surface area contributed by atoms with Gasteiger partial charge < -0.3 is 10.6 Å². The van der Waals surface area contributed by atoms with Gasteiger partial charge >= 0.3 is 0 Å². The smallest absolute Gasteiger partial charge is 0.239 e. The van der Waals surface area contributed by atoms with E-state index in [0.717, 1.165) is 25.9 Å².